The second kappa shape index (κ2) is 9.15. The van der Waals surface area contributed by atoms with Crippen LogP contribution in [0.3, 0.4) is 0 Å². The monoisotopic (exact) mass is 469 g/mol. The molecule has 30 heavy (non-hydrogen) atoms. The predicted molar refractivity (Wildman–Crippen MR) is 112 cm³/mol. The normalized spacial score (nSPS) is 11.5. The highest BCUT2D eigenvalue weighted by Gasteiger charge is 2.23. The fourth-order valence-electron chi connectivity index (χ4n) is 2.85. The predicted octanol–water partition coefficient (Wildman–Crippen LogP) is 3.79. The largest absolute Gasteiger partial charge is 0.440 e. The second-order valence-electron chi connectivity index (χ2n) is 6.34. The van der Waals surface area contributed by atoms with Crippen molar-refractivity contribution in [3.63, 3.8) is 0 Å². The van der Waals surface area contributed by atoms with Crippen LogP contribution in [0.4, 0.5) is 0 Å². The minimum absolute atomic E-state index is 0.0596. The summed E-state index contributed by atoms with van der Waals surface area (Å²) >= 11 is 12.1. The number of aromatic nitrogens is 1. The highest BCUT2D eigenvalue weighted by Crippen LogP contribution is 2.38. The molecule has 8 nitrogen and oxygen atoms in total. The molecule has 158 valence electrons. The lowest BCUT2D eigenvalue weighted by molar-refractivity contribution is -0.129. The van der Waals surface area contributed by atoms with Crippen molar-refractivity contribution in [1.29, 1.82) is 0 Å². The molecular weight excluding hydrogens is 453 g/mol. The van der Waals surface area contributed by atoms with Gasteiger partial charge in [-0.05, 0) is 30.7 Å². The van der Waals surface area contributed by atoms with Gasteiger partial charge in [0.2, 0.25) is 15.9 Å². The summed E-state index contributed by atoms with van der Waals surface area (Å²) in [5.74, 6) is 0.0263. The number of primary sulfonamides is 1. The number of nitrogens with zero attached hydrogens (tertiary/aromatic N) is 1. The van der Waals surface area contributed by atoms with Gasteiger partial charge in [-0.2, -0.15) is 0 Å². The summed E-state index contributed by atoms with van der Waals surface area (Å²) in [6.07, 6.45) is 0.688. The topological polar surface area (TPSA) is 136 Å². The molecule has 1 amide bonds. The molecule has 0 aliphatic carbocycles. The van der Waals surface area contributed by atoms with E-state index in [0.717, 1.165) is 0 Å². The second-order valence-corrected chi connectivity index (χ2v) is 8.69. The number of amides is 1. The molecule has 0 saturated carbocycles. The fourth-order valence-corrected chi connectivity index (χ4v) is 3.89. The van der Waals surface area contributed by atoms with E-state index in [1.807, 2.05) is 0 Å². The zero-order valence-electron chi connectivity index (χ0n) is 15.4. The van der Waals surface area contributed by atoms with Crippen LogP contribution >= 0.6 is 23.2 Å². The first kappa shape index (κ1) is 22.3. The van der Waals surface area contributed by atoms with Gasteiger partial charge < -0.3 is 4.42 Å². The Morgan fingerprint density at radius 3 is 2.57 bits per heavy atom. The maximum Gasteiger partial charge on any atom is 0.243 e. The maximum atomic E-state index is 12.1. The number of oxazole rings is 1. The first-order valence-electron chi connectivity index (χ1n) is 8.71. The lowest BCUT2D eigenvalue weighted by Crippen LogP contribution is -2.18. The molecule has 2 aromatic carbocycles. The highest BCUT2D eigenvalue weighted by atomic mass is 35.5. The average molecular weight is 470 g/mol. The third kappa shape index (κ3) is 5.00. The Balaban J connectivity index is 2.11. The van der Waals surface area contributed by atoms with Crippen molar-refractivity contribution in [2.45, 2.75) is 24.2 Å². The summed E-state index contributed by atoms with van der Waals surface area (Å²) in [6.45, 7) is 0. The molecule has 0 spiro atoms. The Labute approximate surface area is 182 Å². The molecule has 3 rings (SSSR count). The number of sulfonamides is 1. The summed E-state index contributed by atoms with van der Waals surface area (Å²) in [5, 5.41) is 14.6. The van der Waals surface area contributed by atoms with Gasteiger partial charge in [0, 0.05) is 24.0 Å². The molecule has 4 N–H and O–H groups in total. The molecule has 1 heterocycles. The summed E-state index contributed by atoms with van der Waals surface area (Å²) in [4.78, 5) is 15.6. The minimum Gasteiger partial charge on any atom is -0.440 e. The smallest absolute Gasteiger partial charge is 0.243 e. The van der Waals surface area contributed by atoms with Gasteiger partial charge in [0.25, 0.3) is 0 Å². The van der Waals surface area contributed by atoms with Crippen LogP contribution in [0.2, 0.25) is 10.0 Å². The molecule has 1 aromatic heterocycles. The fraction of sp³-hybridized carbons (Fsp3) is 0.158. The molecule has 0 unspecified atom stereocenters. The zero-order valence-corrected chi connectivity index (χ0v) is 17.8. The number of benzene rings is 2. The van der Waals surface area contributed by atoms with Crippen molar-refractivity contribution in [3.05, 3.63) is 58.4 Å². The van der Waals surface area contributed by atoms with E-state index in [2.05, 4.69) is 4.98 Å². The first-order chi connectivity index (χ1) is 14.2. The lowest BCUT2D eigenvalue weighted by Gasteiger charge is -2.07. The van der Waals surface area contributed by atoms with Crippen LogP contribution in [0.15, 0.2) is 51.8 Å². The number of hydrogen-bond acceptors (Lipinski definition) is 6. The van der Waals surface area contributed by atoms with Crippen LogP contribution in [-0.2, 0) is 21.2 Å². The Morgan fingerprint density at radius 1 is 1.17 bits per heavy atom. The summed E-state index contributed by atoms with van der Waals surface area (Å²) in [5.41, 5.74) is 2.63. The number of rotatable bonds is 7. The zero-order chi connectivity index (χ0) is 21.9. The van der Waals surface area contributed by atoms with E-state index in [9.17, 15) is 13.2 Å². The van der Waals surface area contributed by atoms with Gasteiger partial charge in [-0.25, -0.2) is 24.0 Å². The van der Waals surface area contributed by atoms with Crippen LogP contribution < -0.4 is 10.6 Å². The molecule has 0 saturated heterocycles. The molecule has 0 bridgehead atoms. The van der Waals surface area contributed by atoms with Gasteiger partial charge in [-0.1, -0.05) is 41.4 Å². The number of carbonyl (C=O) groups is 1. The van der Waals surface area contributed by atoms with Crippen LogP contribution in [0, 0.1) is 0 Å². The Kier molecular flexibility index (Phi) is 6.79. The number of nitrogens with two attached hydrogens (primary N) is 1. The molecule has 0 radical (unpaired) electrons. The highest BCUT2D eigenvalue weighted by molar-refractivity contribution is 7.89. The van der Waals surface area contributed by atoms with E-state index >= 15 is 0 Å². The van der Waals surface area contributed by atoms with E-state index in [-0.39, 0.29) is 45.7 Å². The summed E-state index contributed by atoms with van der Waals surface area (Å²) in [7, 11) is -4.03. The first-order valence-corrected chi connectivity index (χ1v) is 11.0. The number of hydroxylamine groups is 1. The quantitative estimate of drug-likeness (QED) is 0.355. The third-order valence-corrected chi connectivity index (χ3v) is 5.93. The number of aryl methyl sites for hydroxylation is 1. The molecule has 11 heteroatoms. The SMILES string of the molecule is NS(=O)(=O)c1ccccc1-c1nc(CCCC(=O)NO)oc1-c1ccc(Cl)c(Cl)c1. The van der Waals surface area contributed by atoms with Crippen molar-refractivity contribution in [2.24, 2.45) is 5.14 Å². The molecule has 3 aromatic rings. The molecule has 0 aliphatic rings. The van der Waals surface area contributed by atoms with Crippen molar-refractivity contribution in [3.8, 4) is 22.6 Å². The van der Waals surface area contributed by atoms with Crippen LogP contribution in [0.25, 0.3) is 22.6 Å². The minimum atomic E-state index is -4.03. The van der Waals surface area contributed by atoms with Gasteiger partial charge in [-0.3, -0.25) is 10.0 Å². The molecule has 0 atom stereocenters. The van der Waals surface area contributed by atoms with Gasteiger partial charge >= 0.3 is 0 Å². The average Bonchev–Trinajstić information content (AvgIpc) is 3.13. The summed E-state index contributed by atoms with van der Waals surface area (Å²) in [6, 6.07) is 11.0. The van der Waals surface area contributed by atoms with Gasteiger partial charge in [0.05, 0.1) is 14.9 Å². The molecular formula is C19H17Cl2N3O5S. The number of carbonyl (C=O) groups excluding carboxylic acids is 1. The van der Waals surface area contributed by atoms with Gasteiger partial charge in [0.1, 0.15) is 5.69 Å². The van der Waals surface area contributed by atoms with Crippen molar-refractivity contribution in [2.75, 3.05) is 0 Å². The van der Waals surface area contributed by atoms with E-state index in [4.69, 9.17) is 38.0 Å². The Hall–Kier alpha value is -2.43. The van der Waals surface area contributed by atoms with E-state index in [1.54, 1.807) is 41.9 Å². The van der Waals surface area contributed by atoms with Crippen molar-refractivity contribution < 1.29 is 22.8 Å². The number of halogens is 2. The van der Waals surface area contributed by atoms with E-state index in [0.29, 0.717) is 17.0 Å². The summed E-state index contributed by atoms with van der Waals surface area (Å²) < 4.78 is 30.0. The van der Waals surface area contributed by atoms with Crippen molar-refractivity contribution in [1.82, 2.24) is 10.5 Å². The Bertz CT molecular complexity index is 1190. The van der Waals surface area contributed by atoms with Gasteiger partial charge in [0.15, 0.2) is 11.7 Å². The maximum absolute atomic E-state index is 12.1. The number of nitrogens with one attached hydrogen (secondary N) is 1. The van der Waals surface area contributed by atoms with Crippen LogP contribution in [-0.4, -0.2) is 24.5 Å². The van der Waals surface area contributed by atoms with E-state index in [1.165, 1.54) is 6.07 Å². The Morgan fingerprint density at radius 2 is 1.90 bits per heavy atom. The van der Waals surface area contributed by atoms with Crippen LogP contribution in [0.5, 0.6) is 0 Å². The molecule has 0 aliphatic heterocycles. The van der Waals surface area contributed by atoms with E-state index < -0.39 is 15.9 Å². The number of hydrogen-bond donors (Lipinski definition) is 3. The third-order valence-electron chi connectivity index (χ3n) is 4.22. The van der Waals surface area contributed by atoms with Gasteiger partial charge in [-0.15, -0.1) is 0 Å². The lowest BCUT2D eigenvalue weighted by atomic mass is 10.1. The molecule has 0 fully saturated rings. The van der Waals surface area contributed by atoms with Crippen LogP contribution in [0.1, 0.15) is 18.7 Å². The van der Waals surface area contributed by atoms with Crippen molar-refractivity contribution >= 4 is 39.1 Å². The standard InChI is InChI=1S/C19H17Cl2N3O5S/c20-13-9-8-11(10-14(13)21)19-18(12-4-1-2-5-15(12)30(22,27)28)23-17(29-19)7-3-6-16(25)24-26/h1-2,4-5,8-10,26H,3,6-7H2,(H,24,25)(H2,22,27,28).